The van der Waals surface area contributed by atoms with Gasteiger partial charge in [0.25, 0.3) is 5.91 Å². The molecule has 0 aliphatic carbocycles. The fraction of sp³-hybridized carbons (Fsp3) is 0.500. The van der Waals surface area contributed by atoms with Crippen LogP contribution in [0.3, 0.4) is 0 Å². The van der Waals surface area contributed by atoms with Gasteiger partial charge in [-0.2, -0.15) is 0 Å². The molecule has 0 aliphatic rings. The Labute approximate surface area is 103 Å². The number of hydrogen-bond acceptors (Lipinski definition) is 2. The zero-order valence-corrected chi connectivity index (χ0v) is 11.2. The van der Waals surface area contributed by atoms with Crippen LogP contribution in [0.25, 0.3) is 0 Å². The van der Waals surface area contributed by atoms with E-state index >= 15 is 0 Å². The van der Waals surface area contributed by atoms with Crippen molar-refractivity contribution in [3.05, 3.63) is 35.4 Å². The van der Waals surface area contributed by atoms with Gasteiger partial charge < -0.3 is 10.1 Å². The summed E-state index contributed by atoms with van der Waals surface area (Å²) in [5.41, 5.74) is 1.51. The van der Waals surface area contributed by atoms with Crippen LogP contribution < -0.4 is 5.32 Å². The molecular formula is C14H21NO2. The zero-order valence-electron chi connectivity index (χ0n) is 11.2. The lowest BCUT2D eigenvalue weighted by Gasteiger charge is -2.24. The average molecular weight is 235 g/mol. The third-order valence-electron chi connectivity index (χ3n) is 2.98. The molecule has 0 aliphatic heterocycles. The number of carbonyl (C=O) groups excluding carboxylic acids is 1. The Morgan fingerprint density at radius 3 is 2.29 bits per heavy atom. The third kappa shape index (κ3) is 3.56. The maximum atomic E-state index is 11.9. The van der Waals surface area contributed by atoms with Gasteiger partial charge in [-0.25, -0.2) is 0 Å². The van der Waals surface area contributed by atoms with Crippen LogP contribution in [-0.4, -0.2) is 18.6 Å². The quantitative estimate of drug-likeness (QED) is 0.871. The van der Waals surface area contributed by atoms with Crippen molar-refractivity contribution in [1.29, 1.82) is 0 Å². The summed E-state index contributed by atoms with van der Waals surface area (Å²) < 4.78 is 5.14. The molecular weight excluding hydrogens is 214 g/mol. The molecule has 3 nitrogen and oxygen atoms in total. The van der Waals surface area contributed by atoms with Crippen molar-refractivity contribution >= 4 is 5.91 Å². The highest BCUT2D eigenvalue weighted by atomic mass is 16.5. The molecule has 0 bridgehead atoms. The van der Waals surface area contributed by atoms with Crippen molar-refractivity contribution in [2.24, 2.45) is 0 Å². The normalized spacial score (nSPS) is 13.2. The summed E-state index contributed by atoms with van der Waals surface area (Å²) in [5, 5.41) is 2.94. The van der Waals surface area contributed by atoms with E-state index in [4.69, 9.17) is 4.74 Å². The standard InChI is InChI=1S/C14H21NO2/c1-10-6-8-12(9-7-10)11(2)15-13(16)14(3,4)17-5/h6-9,11H,1-5H3,(H,15,16)/t11-/m1/s1. The number of nitrogens with one attached hydrogen (secondary N) is 1. The molecule has 1 aromatic carbocycles. The minimum absolute atomic E-state index is 0.0162. The SMILES string of the molecule is COC(C)(C)C(=O)N[C@H](C)c1ccc(C)cc1. The molecule has 0 saturated carbocycles. The fourth-order valence-electron chi connectivity index (χ4n) is 1.40. The molecule has 1 atom stereocenters. The van der Waals surface area contributed by atoms with E-state index in [0.717, 1.165) is 5.56 Å². The average Bonchev–Trinajstić information content (AvgIpc) is 2.29. The molecule has 0 spiro atoms. The Morgan fingerprint density at radius 2 is 1.82 bits per heavy atom. The number of hydrogen-bond donors (Lipinski definition) is 1. The molecule has 1 amide bonds. The summed E-state index contributed by atoms with van der Waals surface area (Å²) in [6.07, 6.45) is 0. The first-order chi connectivity index (χ1) is 7.86. The highest BCUT2D eigenvalue weighted by Crippen LogP contribution is 2.15. The molecule has 0 fully saturated rings. The van der Waals surface area contributed by atoms with Gasteiger partial charge in [0.2, 0.25) is 0 Å². The Bertz CT molecular complexity index is 382. The predicted molar refractivity (Wildman–Crippen MR) is 68.8 cm³/mol. The predicted octanol–water partition coefficient (Wildman–Crippen LogP) is 2.60. The first kappa shape index (κ1) is 13.7. The van der Waals surface area contributed by atoms with E-state index in [1.165, 1.54) is 12.7 Å². The molecule has 94 valence electrons. The van der Waals surface area contributed by atoms with Crippen molar-refractivity contribution in [1.82, 2.24) is 5.32 Å². The number of ether oxygens (including phenoxy) is 1. The van der Waals surface area contributed by atoms with Gasteiger partial charge in [-0.1, -0.05) is 29.8 Å². The van der Waals surface area contributed by atoms with Crippen LogP contribution in [-0.2, 0) is 9.53 Å². The van der Waals surface area contributed by atoms with Crippen LogP contribution in [0.2, 0.25) is 0 Å². The summed E-state index contributed by atoms with van der Waals surface area (Å²) >= 11 is 0. The monoisotopic (exact) mass is 235 g/mol. The first-order valence-electron chi connectivity index (χ1n) is 5.79. The minimum atomic E-state index is -0.793. The summed E-state index contributed by atoms with van der Waals surface area (Å²) in [6.45, 7) is 7.52. The van der Waals surface area contributed by atoms with Gasteiger partial charge in [-0.15, -0.1) is 0 Å². The molecule has 1 rings (SSSR count). The van der Waals surface area contributed by atoms with Gasteiger partial charge in [0, 0.05) is 7.11 Å². The van der Waals surface area contributed by atoms with E-state index in [1.807, 2.05) is 38.1 Å². The summed E-state index contributed by atoms with van der Waals surface area (Å²) in [7, 11) is 1.54. The van der Waals surface area contributed by atoms with Gasteiger partial charge in [0.1, 0.15) is 5.60 Å². The van der Waals surface area contributed by atoms with Gasteiger partial charge in [-0.3, -0.25) is 4.79 Å². The Hall–Kier alpha value is -1.35. The number of rotatable bonds is 4. The lowest BCUT2D eigenvalue weighted by Crippen LogP contribution is -2.44. The van der Waals surface area contributed by atoms with Gasteiger partial charge in [-0.05, 0) is 33.3 Å². The van der Waals surface area contributed by atoms with Gasteiger partial charge in [0.15, 0.2) is 0 Å². The van der Waals surface area contributed by atoms with Gasteiger partial charge >= 0.3 is 0 Å². The molecule has 1 aromatic rings. The van der Waals surface area contributed by atoms with Crippen LogP contribution in [0.5, 0.6) is 0 Å². The minimum Gasteiger partial charge on any atom is -0.369 e. The summed E-state index contributed by atoms with van der Waals surface area (Å²) in [6, 6.07) is 8.12. The second-order valence-corrected chi connectivity index (χ2v) is 4.82. The molecule has 0 unspecified atom stereocenters. The van der Waals surface area contributed by atoms with Crippen LogP contribution in [0, 0.1) is 6.92 Å². The zero-order chi connectivity index (χ0) is 13.1. The van der Waals surface area contributed by atoms with Crippen LogP contribution in [0.1, 0.15) is 37.9 Å². The Morgan fingerprint density at radius 1 is 1.29 bits per heavy atom. The number of amides is 1. The highest BCUT2D eigenvalue weighted by Gasteiger charge is 2.28. The number of carbonyl (C=O) groups is 1. The fourth-order valence-corrected chi connectivity index (χ4v) is 1.40. The summed E-state index contributed by atoms with van der Waals surface area (Å²) in [4.78, 5) is 11.9. The maximum absolute atomic E-state index is 11.9. The number of aryl methyl sites for hydroxylation is 1. The van der Waals surface area contributed by atoms with E-state index in [1.54, 1.807) is 13.8 Å². The lowest BCUT2D eigenvalue weighted by atomic mass is 10.0. The molecule has 0 radical (unpaired) electrons. The van der Waals surface area contributed by atoms with Crippen molar-refractivity contribution in [3.63, 3.8) is 0 Å². The largest absolute Gasteiger partial charge is 0.369 e. The second-order valence-electron chi connectivity index (χ2n) is 4.82. The first-order valence-corrected chi connectivity index (χ1v) is 5.79. The third-order valence-corrected chi connectivity index (χ3v) is 2.98. The second kappa shape index (κ2) is 5.32. The molecule has 1 N–H and O–H groups in total. The smallest absolute Gasteiger partial charge is 0.252 e. The van der Waals surface area contributed by atoms with Gasteiger partial charge in [0.05, 0.1) is 6.04 Å². The van der Waals surface area contributed by atoms with Crippen molar-refractivity contribution < 1.29 is 9.53 Å². The number of benzene rings is 1. The Balaban J connectivity index is 2.70. The van der Waals surface area contributed by atoms with E-state index in [-0.39, 0.29) is 11.9 Å². The van der Waals surface area contributed by atoms with Crippen LogP contribution >= 0.6 is 0 Å². The van der Waals surface area contributed by atoms with E-state index < -0.39 is 5.60 Å². The summed E-state index contributed by atoms with van der Waals surface area (Å²) in [5.74, 6) is -0.104. The van der Waals surface area contributed by atoms with Crippen molar-refractivity contribution in [2.75, 3.05) is 7.11 Å². The van der Waals surface area contributed by atoms with E-state index in [0.29, 0.717) is 0 Å². The van der Waals surface area contributed by atoms with E-state index in [9.17, 15) is 4.79 Å². The maximum Gasteiger partial charge on any atom is 0.252 e. The molecule has 3 heteroatoms. The van der Waals surface area contributed by atoms with Crippen LogP contribution in [0.4, 0.5) is 0 Å². The molecule has 0 saturated heterocycles. The molecule has 17 heavy (non-hydrogen) atoms. The molecule has 0 aromatic heterocycles. The highest BCUT2D eigenvalue weighted by molar-refractivity contribution is 5.84. The van der Waals surface area contributed by atoms with Crippen LogP contribution in [0.15, 0.2) is 24.3 Å². The van der Waals surface area contributed by atoms with E-state index in [2.05, 4.69) is 5.32 Å². The van der Waals surface area contributed by atoms with Crippen molar-refractivity contribution in [2.45, 2.75) is 39.3 Å². The van der Waals surface area contributed by atoms with Crippen molar-refractivity contribution in [3.8, 4) is 0 Å². The molecule has 0 heterocycles. The Kier molecular flexibility index (Phi) is 4.29. The number of methoxy groups -OCH3 is 1. The lowest BCUT2D eigenvalue weighted by molar-refractivity contribution is -0.140. The topological polar surface area (TPSA) is 38.3 Å².